The van der Waals surface area contributed by atoms with Crippen LogP contribution in [0.2, 0.25) is 0 Å². The molecular formula is C19H19NO2S. The fraction of sp³-hybridized carbons (Fsp3) is 0.211. The molecule has 23 heavy (non-hydrogen) atoms. The molecule has 2 N–H and O–H groups in total. The Hall–Kier alpha value is -2.20. The van der Waals surface area contributed by atoms with Gasteiger partial charge in [0.1, 0.15) is 5.75 Å². The van der Waals surface area contributed by atoms with E-state index in [1.54, 1.807) is 36.0 Å². The van der Waals surface area contributed by atoms with Gasteiger partial charge in [0.15, 0.2) is 0 Å². The number of nitrogens with one attached hydrogen (secondary N) is 1. The van der Waals surface area contributed by atoms with E-state index in [1.807, 2.05) is 6.08 Å². The first-order chi connectivity index (χ1) is 11.2. The number of hydrogen-bond donors (Lipinski definition) is 2. The molecule has 2 aromatic carbocycles. The number of thioether (sulfide) groups is 1. The van der Waals surface area contributed by atoms with Gasteiger partial charge in [-0.15, -0.1) is 11.8 Å². The Bertz CT molecular complexity index is 720. The Morgan fingerprint density at radius 1 is 1.17 bits per heavy atom. The van der Waals surface area contributed by atoms with Gasteiger partial charge in [0.2, 0.25) is 0 Å². The molecule has 1 amide bonds. The maximum atomic E-state index is 12.3. The predicted octanol–water partition coefficient (Wildman–Crippen LogP) is 4.66. The number of amides is 1. The van der Waals surface area contributed by atoms with Crippen molar-refractivity contribution >= 4 is 23.4 Å². The minimum atomic E-state index is -0.0895. The van der Waals surface area contributed by atoms with Crippen LogP contribution < -0.4 is 5.32 Å². The van der Waals surface area contributed by atoms with Crippen LogP contribution in [0.3, 0.4) is 0 Å². The molecule has 0 saturated carbocycles. The van der Waals surface area contributed by atoms with E-state index in [1.165, 1.54) is 11.1 Å². The zero-order valence-corrected chi connectivity index (χ0v) is 13.8. The number of phenolic OH excluding ortho intramolecular Hbond substituents is 1. The van der Waals surface area contributed by atoms with Crippen molar-refractivity contribution in [3.8, 4) is 5.75 Å². The van der Waals surface area contributed by atoms with Crippen molar-refractivity contribution in [3.05, 3.63) is 70.6 Å². The Morgan fingerprint density at radius 2 is 1.87 bits per heavy atom. The SMILES string of the molecule is CCc1ccc(C2CC=C(C(=O)Nc3ccc(O)cc3)S2)cc1. The van der Waals surface area contributed by atoms with Crippen molar-refractivity contribution in [2.75, 3.05) is 5.32 Å². The molecule has 0 saturated heterocycles. The molecule has 1 atom stereocenters. The highest BCUT2D eigenvalue weighted by atomic mass is 32.2. The molecule has 1 unspecified atom stereocenters. The summed E-state index contributed by atoms with van der Waals surface area (Å²) in [7, 11) is 0. The monoisotopic (exact) mass is 325 g/mol. The van der Waals surface area contributed by atoms with Crippen LogP contribution in [0.1, 0.15) is 29.7 Å². The van der Waals surface area contributed by atoms with Crippen LogP contribution in [0.25, 0.3) is 0 Å². The minimum Gasteiger partial charge on any atom is -0.508 e. The second-order valence-corrected chi connectivity index (χ2v) is 6.75. The van der Waals surface area contributed by atoms with Gasteiger partial charge in [0.05, 0.1) is 4.91 Å². The van der Waals surface area contributed by atoms with Crippen LogP contribution in [-0.2, 0) is 11.2 Å². The number of anilines is 1. The van der Waals surface area contributed by atoms with Crippen molar-refractivity contribution < 1.29 is 9.90 Å². The minimum absolute atomic E-state index is 0.0895. The first-order valence-corrected chi connectivity index (χ1v) is 8.59. The van der Waals surface area contributed by atoms with Crippen molar-refractivity contribution in [2.45, 2.75) is 25.0 Å². The number of aryl methyl sites for hydroxylation is 1. The van der Waals surface area contributed by atoms with Crippen LogP contribution in [0.4, 0.5) is 5.69 Å². The maximum Gasteiger partial charge on any atom is 0.261 e. The normalized spacial score (nSPS) is 16.9. The number of carbonyl (C=O) groups excluding carboxylic acids is 1. The fourth-order valence-corrected chi connectivity index (χ4v) is 3.66. The van der Waals surface area contributed by atoms with Crippen LogP contribution in [0, 0.1) is 0 Å². The molecule has 0 aromatic heterocycles. The molecule has 118 valence electrons. The lowest BCUT2D eigenvalue weighted by Gasteiger charge is -2.11. The Labute approximate surface area is 140 Å². The third-order valence-electron chi connectivity index (χ3n) is 3.90. The van der Waals surface area contributed by atoms with Crippen LogP contribution >= 0.6 is 11.8 Å². The van der Waals surface area contributed by atoms with Gasteiger partial charge in [-0.25, -0.2) is 0 Å². The molecule has 4 heteroatoms. The quantitative estimate of drug-likeness (QED) is 0.804. The second-order valence-electron chi connectivity index (χ2n) is 5.51. The van der Waals surface area contributed by atoms with Crippen LogP contribution in [0.15, 0.2) is 59.5 Å². The van der Waals surface area contributed by atoms with Crippen molar-refractivity contribution in [1.29, 1.82) is 0 Å². The topological polar surface area (TPSA) is 49.3 Å². The lowest BCUT2D eigenvalue weighted by Crippen LogP contribution is -2.11. The average molecular weight is 325 g/mol. The summed E-state index contributed by atoms with van der Waals surface area (Å²) in [6, 6.07) is 15.1. The number of hydrogen-bond acceptors (Lipinski definition) is 3. The third-order valence-corrected chi connectivity index (χ3v) is 5.25. The molecule has 0 fully saturated rings. The number of benzene rings is 2. The molecule has 3 rings (SSSR count). The standard InChI is InChI=1S/C19H19NO2S/c1-2-13-3-5-14(6-4-13)17-11-12-18(23-17)19(22)20-15-7-9-16(21)10-8-15/h3-10,12,17,21H,2,11H2,1H3,(H,20,22). The Kier molecular flexibility index (Phi) is 4.72. The summed E-state index contributed by atoms with van der Waals surface area (Å²) in [5.41, 5.74) is 3.27. The first kappa shape index (κ1) is 15.7. The van der Waals surface area contributed by atoms with Gasteiger partial charge in [-0.05, 0) is 48.2 Å². The summed E-state index contributed by atoms with van der Waals surface area (Å²) < 4.78 is 0. The lowest BCUT2D eigenvalue weighted by molar-refractivity contribution is -0.112. The van der Waals surface area contributed by atoms with E-state index in [9.17, 15) is 9.90 Å². The maximum absolute atomic E-state index is 12.3. The molecule has 0 aliphatic carbocycles. The molecule has 0 bridgehead atoms. The molecule has 2 aromatic rings. The summed E-state index contributed by atoms with van der Waals surface area (Å²) in [6.07, 6.45) is 3.91. The smallest absolute Gasteiger partial charge is 0.261 e. The van der Waals surface area contributed by atoms with Gasteiger partial charge in [-0.1, -0.05) is 37.3 Å². The molecule has 0 radical (unpaired) electrons. The zero-order valence-electron chi connectivity index (χ0n) is 13.0. The summed E-state index contributed by atoms with van der Waals surface area (Å²) in [5.74, 6) is 0.0985. The van der Waals surface area contributed by atoms with Gasteiger partial charge in [0, 0.05) is 10.9 Å². The van der Waals surface area contributed by atoms with Gasteiger partial charge in [0.25, 0.3) is 5.91 Å². The molecular weight excluding hydrogens is 306 g/mol. The van der Waals surface area contributed by atoms with E-state index in [4.69, 9.17) is 0 Å². The van der Waals surface area contributed by atoms with E-state index < -0.39 is 0 Å². The average Bonchev–Trinajstić information content (AvgIpc) is 3.07. The van der Waals surface area contributed by atoms with E-state index in [-0.39, 0.29) is 11.7 Å². The molecule has 0 spiro atoms. The Morgan fingerprint density at radius 3 is 2.52 bits per heavy atom. The number of aromatic hydroxyl groups is 1. The number of phenols is 1. The van der Waals surface area contributed by atoms with Gasteiger partial charge in [-0.2, -0.15) is 0 Å². The molecule has 1 heterocycles. The van der Waals surface area contributed by atoms with E-state index >= 15 is 0 Å². The van der Waals surface area contributed by atoms with Gasteiger partial charge >= 0.3 is 0 Å². The van der Waals surface area contributed by atoms with Crippen molar-refractivity contribution in [2.24, 2.45) is 0 Å². The Balaban J connectivity index is 1.61. The second kappa shape index (κ2) is 6.92. The lowest BCUT2D eigenvalue weighted by atomic mass is 10.1. The highest BCUT2D eigenvalue weighted by Gasteiger charge is 2.24. The fourth-order valence-electron chi connectivity index (χ4n) is 2.52. The predicted molar refractivity (Wildman–Crippen MR) is 95.6 cm³/mol. The highest BCUT2D eigenvalue weighted by Crippen LogP contribution is 2.44. The van der Waals surface area contributed by atoms with Gasteiger partial charge < -0.3 is 10.4 Å². The number of allylic oxidation sites excluding steroid dienone is 1. The number of carbonyl (C=O) groups is 1. The molecule has 1 aliphatic heterocycles. The third kappa shape index (κ3) is 3.77. The summed E-state index contributed by atoms with van der Waals surface area (Å²) in [4.78, 5) is 13.1. The van der Waals surface area contributed by atoms with Crippen LogP contribution in [-0.4, -0.2) is 11.0 Å². The molecule has 3 nitrogen and oxygen atoms in total. The summed E-state index contributed by atoms with van der Waals surface area (Å²) in [6.45, 7) is 2.15. The van der Waals surface area contributed by atoms with Crippen molar-refractivity contribution in [1.82, 2.24) is 0 Å². The summed E-state index contributed by atoms with van der Waals surface area (Å²) >= 11 is 1.61. The van der Waals surface area contributed by atoms with E-state index in [0.717, 1.165) is 17.7 Å². The zero-order chi connectivity index (χ0) is 16.2. The van der Waals surface area contributed by atoms with Gasteiger partial charge in [-0.3, -0.25) is 4.79 Å². The largest absolute Gasteiger partial charge is 0.508 e. The summed E-state index contributed by atoms with van der Waals surface area (Å²) in [5, 5.41) is 12.4. The van der Waals surface area contributed by atoms with Crippen LogP contribution in [0.5, 0.6) is 5.75 Å². The highest BCUT2D eigenvalue weighted by molar-refractivity contribution is 8.04. The molecule has 1 aliphatic rings. The van der Waals surface area contributed by atoms with E-state index in [2.05, 4.69) is 36.5 Å². The van der Waals surface area contributed by atoms with Crippen molar-refractivity contribution in [3.63, 3.8) is 0 Å². The first-order valence-electron chi connectivity index (χ1n) is 7.71. The van der Waals surface area contributed by atoms with E-state index in [0.29, 0.717) is 10.9 Å². The number of rotatable bonds is 4.